The highest BCUT2D eigenvalue weighted by atomic mass is 16.5. The Morgan fingerprint density at radius 3 is 2.45 bits per heavy atom. The lowest BCUT2D eigenvalue weighted by Crippen LogP contribution is -2.20. The standard InChI is InChI=1S/C18H24O2/c19-18(12-11-17-6-1-2-13-20-17)16-9-7-15(8-10-16)14-4-3-5-14/h7-10,14,17H,1-6,11-13H2. The van der Waals surface area contributed by atoms with Crippen molar-refractivity contribution in [3.05, 3.63) is 35.4 Å². The lowest BCUT2D eigenvalue weighted by atomic mass is 9.80. The van der Waals surface area contributed by atoms with Crippen LogP contribution in [0.5, 0.6) is 0 Å². The first-order chi connectivity index (χ1) is 9.83. The van der Waals surface area contributed by atoms with Gasteiger partial charge in [-0.2, -0.15) is 0 Å². The van der Waals surface area contributed by atoms with E-state index in [0.717, 1.165) is 30.9 Å². The van der Waals surface area contributed by atoms with E-state index in [9.17, 15) is 4.79 Å². The highest BCUT2D eigenvalue weighted by Gasteiger charge is 2.20. The normalized spacial score (nSPS) is 23.3. The topological polar surface area (TPSA) is 26.3 Å². The SMILES string of the molecule is O=C(CCC1CCCCO1)c1ccc(C2CCC2)cc1. The third-order valence-electron chi connectivity index (χ3n) is 4.78. The first-order valence-electron chi connectivity index (χ1n) is 8.08. The van der Waals surface area contributed by atoms with Crippen molar-refractivity contribution < 1.29 is 9.53 Å². The number of Topliss-reactive ketones (excluding diaryl/α,β-unsaturated/α-hetero) is 1. The van der Waals surface area contributed by atoms with Gasteiger partial charge in [0.15, 0.2) is 5.78 Å². The van der Waals surface area contributed by atoms with Crippen LogP contribution in [0.4, 0.5) is 0 Å². The molecular formula is C18H24O2. The smallest absolute Gasteiger partial charge is 0.162 e. The molecule has 1 heterocycles. The highest BCUT2D eigenvalue weighted by Crippen LogP contribution is 2.36. The molecule has 1 aliphatic carbocycles. The Hall–Kier alpha value is -1.15. The fourth-order valence-electron chi connectivity index (χ4n) is 3.15. The number of hydrogen-bond acceptors (Lipinski definition) is 2. The second kappa shape index (κ2) is 6.53. The monoisotopic (exact) mass is 272 g/mol. The molecule has 0 spiro atoms. The molecule has 0 amide bonds. The number of rotatable bonds is 5. The van der Waals surface area contributed by atoms with Gasteiger partial charge in [-0.1, -0.05) is 30.7 Å². The maximum absolute atomic E-state index is 12.2. The molecule has 1 aromatic rings. The summed E-state index contributed by atoms with van der Waals surface area (Å²) in [6.45, 7) is 0.870. The highest BCUT2D eigenvalue weighted by molar-refractivity contribution is 5.96. The molecule has 0 N–H and O–H groups in total. The van der Waals surface area contributed by atoms with E-state index >= 15 is 0 Å². The predicted molar refractivity (Wildman–Crippen MR) is 80.2 cm³/mol. The Morgan fingerprint density at radius 2 is 1.85 bits per heavy atom. The van der Waals surface area contributed by atoms with Crippen LogP contribution < -0.4 is 0 Å². The molecule has 2 heteroatoms. The van der Waals surface area contributed by atoms with Gasteiger partial charge in [-0.05, 0) is 50.0 Å². The summed E-state index contributed by atoms with van der Waals surface area (Å²) in [5.74, 6) is 1.01. The van der Waals surface area contributed by atoms with Crippen molar-refractivity contribution in [3.8, 4) is 0 Å². The maximum Gasteiger partial charge on any atom is 0.162 e. The predicted octanol–water partition coefficient (Wildman–Crippen LogP) is 4.49. The third-order valence-corrected chi connectivity index (χ3v) is 4.78. The van der Waals surface area contributed by atoms with Crippen LogP contribution >= 0.6 is 0 Å². The number of hydrogen-bond donors (Lipinski definition) is 0. The maximum atomic E-state index is 12.2. The van der Waals surface area contributed by atoms with E-state index in [2.05, 4.69) is 12.1 Å². The molecule has 2 aliphatic rings. The number of ketones is 1. The Labute approximate surface area is 121 Å². The average molecular weight is 272 g/mol. The van der Waals surface area contributed by atoms with Crippen LogP contribution in [0, 0.1) is 0 Å². The summed E-state index contributed by atoms with van der Waals surface area (Å²) in [6.07, 6.45) is 9.32. The molecule has 0 radical (unpaired) electrons. The Kier molecular flexibility index (Phi) is 4.51. The van der Waals surface area contributed by atoms with Crippen molar-refractivity contribution in [2.75, 3.05) is 6.61 Å². The molecule has 1 saturated heterocycles. The molecule has 1 saturated carbocycles. The minimum atomic E-state index is 0.263. The van der Waals surface area contributed by atoms with Gasteiger partial charge in [0.2, 0.25) is 0 Å². The summed E-state index contributed by atoms with van der Waals surface area (Å²) >= 11 is 0. The molecule has 1 aromatic carbocycles. The number of carbonyl (C=O) groups excluding carboxylic acids is 1. The first kappa shape index (κ1) is 13.8. The minimum Gasteiger partial charge on any atom is -0.378 e. The van der Waals surface area contributed by atoms with Crippen molar-refractivity contribution in [2.24, 2.45) is 0 Å². The molecule has 1 unspecified atom stereocenters. The van der Waals surface area contributed by atoms with E-state index in [1.54, 1.807) is 0 Å². The summed E-state index contributed by atoms with van der Waals surface area (Å²) < 4.78 is 5.68. The second-order valence-corrected chi connectivity index (χ2v) is 6.20. The van der Waals surface area contributed by atoms with Gasteiger partial charge in [0.05, 0.1) is 6.10 Å². The summed E-state index contributed by atoms with van der Waals surface area (Å²) in [4.78, 5) is 12.2. The van der Waals surface area contributed by atoms with Crippen LogP contribution in [0.3, 0.4) is 0 Å². The number of carbonyl (C=O) groups is 1. The van der Waals surface area contributed by atoms with Gasteiger partial charge in [-0.3, -0.25) is 4.79 Å². The number of ether oxygens (including phenoxy) is 1. The largest absolute Gasteiger partial charge is 0.378 e. The molecule has 2 nitrogen and oxygen atoms in total. The van der Waals surface area contributed by atoms with E-state index in [1.807, 2.05) is 12.1 Å². The van der Waals surface area contributed by atoms with Crippen LogP contribution in [0.25, 0.3) is 0 Å². The minimum absolute atomic E-state index is 0.263. The van der Waals surface area contributed by atoms with Gasteiger partial charge in [0, 0.05) is 18.6 Å². The Bertz CT molecular complexity index is 439. The summed E-state index contributed by atoms with van der Waals surface area (Å²) in [5, 5.41) is 0. The molecule has 0 bridgehead atoms. The van der Waals surface area contributed by atoms with E-state index < -0.39 is 0 Å². The van der Waals surface area contributed by atoms with Gasteiger partial charge in [0.1, 0.15) is 0 Å². The molecular weight excluding hydrogens is 248 g/mol. The van der Waals surface area contributed by atoms with Crippen molar-refractivity contribution in [3.63, 3.8) is 0 Å². The van der Waals surface area contributed by atoms with Crippen LogP contribution in [0.2, 0.25) is 0 Å². The lowest BCUT2D eigenvalue weighted by molar-refractivity contribution is 0.0104. The van der Waals surface area contributed by atoms with Crippen molar-refractivity contribution >= 4 is 5.78 Å². The first-order valence-corrected chi connectivity index (χ1v) is 8.08. The van der Waals surface area contributed by atoms with E-state index in [-0.39, 0.29) is 5.78 Å². The Balaban J connectivity index is 1.51. The molecule has 0 aromatic heterocycles. The Morgan fingerprint density at radius 1 is 1.05 bits per heavy atom. The van der Waals surface area contributed by atoms with Gasteiger partial charge >= 0.3 is 0 Å². The zero-order valence-electron chi connectivity index (χ0n) is 12.1. The van der Waals surface area contributed by atoms with Gasteiger partial charge in [-0.25, -0.2) is 0 Å². The summed E-state index contributed by atoms with van der Waals surface area (Å²) in [5.41, 5.74) is 2.27. The van der Waals surface area contributed by atoms with Gasteiger partial charge < -0.3 is 4.74 Å². The summed E-state index contributed by atoms with van der Waals surface area (Å²) in [7, 11) is 0. The van der Waals surface area contributed by atoms with Crippen molar-refractivity contribution in [1.82, 2.24) is 0 Å². The van der Waals surface area contributed by atoms with E-state index in [4.69, 9.17) is 4.74 Å². The van der Waals surface area contributed by atoms with E-state index in [1.165, 1.54) is 37.7 Å². The van der Waals surface area contributed by atoms with Crippen molar-refractivity contribution in [1.29, 1.82) is 0 Å². The molecule has 108 valence electrons. The quantitative estimate of drug-likeness (QED) is 0.738. The fourth-order valence-corrected chi connectivity index (χ4v) is 3.15. The fraction of sp³-hybridized carbons (Fsp3) is 0.611. The zero-order chi connectivity index (χ0) is 13.8. The van der Waals surface area contributed by atoms with Crippen LogP contribution in [0.1, 0.15) is 73.2 Å². The molecule has 2 fully saturated rings. The van der Waals surface area contributed by atoms with Crippen LogP contribution in [-0.4, -0.2) is 18.5 Å². The molecule has 20 heavy (non-hydrogen) atoms. The van der Waals surface area contributed by atoms with E-state index in [0.29, 0.717) is 12.5 Å². The molecule has 1 aliphatic heterocycles. The van der Waals surface area contributed by atoms with Crippen LogP contribution in [-0.2, 0) is 4.74 Å². The summed E-state index contributed by atoms with van der Waals surface area (Å²) in [6, 6.07) is 8.32. The zero-order valence-corrected chi connectivity index (χ0v) is 12.1. The van der Waals surface area contributed by atoms with Crippen molar-refractivity contribution in [2.45, 2.75) is 63.4 Å². The lowest BCUT2D eigenvalue weighted by Gasteiger charge is -2.25. The average Bonchev–Trinajstić information content (AvgIpc) is 2.45. The van der Waals surface area contributed by atoms with Gasteiger partial charge in [0.25, 0.3) is 0 Å². The second-order valence-electron chi connectivity index (χ2n) is 6.20. The molecule has 1 atom stereocenters. The van der Waals surface area contributed by atoms with Gasteiger partial charge in [-0.15, -0.1) is 0 Å². The number of benzene rings is 1. The van der Waals surface area contributed by atoms with Crippen LogP contribution in [0.15, 0.2) is 24.3 Å². The third kappa shape index (κ3) is 3.29. The molecule has 3 rings (SSSR count).